The number of piperidine rings is 1. The van der Waals surface area contributed by atoms with Gasteiger partial charge in [0.05, 0.1) is 0 Å². The quantitative estimate of drug-likeness (QED) is 0.775. The number of nitrogens with one attached hydrogen (secondary N) is 1. The largest absolute Gasteiger partial charge is 0.313 e. The van der Waals surface area contributed by atoms with Crippen molar-refractivity contribution in [3.63, 3.8) is 0 Å². The first-order chi connectivity index (χ1) is 7.52. The lowest BCUT2D eigenvalue weighted by Crippen LogP contribution is -2.46. The number of hydrogen-bond donors (Lipinski definition) is 1. The summed E-state index contributed by atoms with van der Waals surface area (Å²) in [4.78, 5) is 2.65. The van der Waals surface area contributed by atoms with Crippen molar-refractivity contribution in [2.75, 3.05) is 19.6 Å². The van der Waals surface area contributed by atoms with Crippen LogP contribution in [0.4, 0.5) is 0 Å². The SMILES string of the molecule is CC(C)C(C)NCCN1CCCC(C)C1C. The van der Waals surface area contributed by atoms with Gasteiger partial charge in [-0.05, 0) is 45.1 Å². The van der Waals surface area contributed by atoms with Crippen LogP contribution >= 0.6 is 0 Å². The molecule has 1 rings (SSSR count). The molecule has 2 nitrogen and oxygen atoms in total. The van der Waals surface area contributed by atoms with E-state index in [-0.39, 0.29) is 0 Å². The van der Waals surface area contributed by atoms with Crippen LogP contribution in [0, 0.1) is 11.8 Å². The fraction of sp³-hybridized carbons (Fsp3) is 1.00. The van der Waals surface area contributed by atoms with Crippen LogP contribution in [0.3, 0.4) is 0 Å². The molecule has 0 saturated carbocycles. The Hall–Kier alpha value is -0.0800. The zero-order valence-corrected chi connectivity index (χ0v) is 11.8. The lowest BCUT2D eigenvalue weighted by molar-refractivity contribution is 0.113. The van der Waals surface area contributed by atoms with E-state index in [4.69, 9.17) is 0 Å². The highest BCUT2D eigenvalue weighted by atomic mass is 15.2. The molecule has 1 aliphatic rings. The van der Waals surface area contributed by atoms with E-state index in [0.29, 0.717) is 6.04 Å². The van der Waals surface area contributed by atoms with Crippen LogP contribution in [0.2, 0.25) is 0 Å². The van der Waals surface area contributed by atoms with E-state index in [0.717, 1.165) is 24.4 Å². The van der Waals surface area contributed by atoms with Crippen molar-refractivity contribution in [1.29, 1.82) is 0 Å². The van der Waals surface area contributed by atoms with Crippen LogP contribution in [-0.4, -0.2) is 36.6 Å². The minimum absolute atomic E-state index is 0.637. The monoisotopic (exact) mass is 226 g/mol. The smallest absolute Gasteiger partial charge is 0.0110 e. The molecule has 1 aliphatic heterocycles. The second-order valence-corrected chi connectivity index (χ2v) is 5.88. The van der Waals surface area contributed by atoms with Gasteiger partial charge in [0, 0.05) is 25.2 Å². The highest BCUT2D eigenvalue weighted by molar-refractivity contribution is 4.79. The van der Waals surface area contributed by atoms with Crippen LogP contribution in [-0.2, 0) is 0 Å². The van der Waals surface area contributed by atoms with Crippen molar-refractivity contribution in [2.24, 2.45) is 11.8 Å². The summed E-state index contributed by atoms with van der Waals surface area (Å²) in [7, 11) is 0. The third-order valence-corrected chi connectivity index (χ3v) is 4.37. The van der Waals surface area contributed by atoms with Crippen molar-refractivity contribution in [2.45, 2.75) is 59.5 Å². The van der Waals surface area contributed by atoms with Crippen molar-refractivity contribution >= 4 is 0 Å². The van der Waals surface area contributed by atoms with E-state index < -0.39 is 0 Å². The Bertz CT molecular complexity index is 191. The van der Waals surface area contributed by atoms with E-state index in [1.807, 2.05) is 0 Å². The van der Waals surface area contributed by atoms with Crippen molar-refractivity contribution in [1.82, 2.24) is 10.2 Å². The summed E-state index contributed by atoms with van der Waals surface area (Å²) < 4.78 is 0. The average molecular weight is 226 g/mol. The molecular weight excluding hydrogens is 196 g/mol. The fourth-order valence-corrected chi connectivity index (χ4v) is 2.41. The lowest BCUT2D eigenvalue weighted by atomic mass is 9.92. The van der Waals surface area contributed by atoms with Gasteiger partial charge in [-0.2, -0.15) is 0 Å². The molecule has 0 spiro atoms. The third kappa shape index (κ3) is 4.06. The highest BCUT2D eigenvalue weighted by Crippen LogP contribution is 2.22. The summed E-state index contributed by atoms with van der Waals surface area (Å²) in [6.07, 6.45) is 2.79. The minimum Gasteiger partial charge on any atom is -0.313 e. The Morgan fingerprint density at radius 1 is 1.25 bits per heavy atom. The maximum atomic E-state index is 3.62. The van der Waals surface area contributed by atoms with E-state index in [1.165, 1.54) is 25.9 Å². The summed E-state index contributed by atoms with van der Waals surface area (Å²) >= 11 is 0. The second-order valence-electron chi connectivity index (χ2n) is 5.88. The molecule has 3 atom stereocenters. The number of hydrogen-bond acceptors (Lipinski definition) is 2. The van der Waals surface area contributed by atoms with Crippen molar-refractivity contribution in [3.05, 3.63) is 0 Å². The molecular formula is C14H30N2. The molecule has 1 fully saturated rings. The first-order valence-corrected chi connectivity index (χ1v) is 6.99. The number of likely N-dealkylation sites (tertiary alicyclic amines) is 1. The average Bonchev–Trinajstić information content (AvgIpc) is 2.24. The molecule has 0 aliphatic carbocycles. The fourth-order valence-electron chi connectivity index (χ4n) is 2.41. The van der Waals surface area contributed by atoms with Gasteiger partial charge in [0.15, 0.2) is 0 Å². The number of nitrogens with zero attached hydrogens (tertiary/aromatic N) is 1. The summed E-state index contributed by atoms with van der Waals surface area (Å²) in [6, 6.07) is 1.41. The predicted octanol–water partition coefficient (Wildman–Crippen LogP) is 2.74. The normalized spacial score (nSPS) is 29.6. The Kier molecular flexibility index (Phi) is 5.77. The number of rotatable bonds is 5. The Labute approximate surface area is 102 Å². The van der Waals surface area contributed by atoms with Gasteiger partial charge in [0.2, 0.25) is 0 Å². The Morgan fingerprint density at radius 2 is 1.94 bits per heavy atom. The highest BCUT2D eigenvalue weighted by Gasteiger charge is 2.23. The molecule has 2 heteroatoms. The molecule has 0 aromatic carbocycles. The van der Waals surface area contributed by atoms with Gasteiger partial charge in [0.25, 0.3) is 0 Å². The van der Waals surface area contributed by atoms with Crippen LogP contribution in [0.25, 0.3) is 0 Å². The lowest BCUT2D eigenvalue weighted by Gasteiger charge is -2.38. The standard InChI is InChI=1S/C14H30N2/c1-11(2)13(4)15-8-10-16-9-6-7-12(3)14(16)5/h11-15H,6-10H2,1-5H3. The maximum Gasteiger partial charge on any atom is 0.0110 e. The van der Waals surface area contributed by atoms with Crippen LogP contribution in [0.15, 0.2) is 0 Å². The molecule has 0 bridgehead atoms. The second kappa shape index (κ2) is 6.61. The van der Waals surface area contributed by atoms with Crippen LogP contribution < -0.4 is 5.32 Å². The topological polar surface area (TPSA) is 15.3 Å². The van der Waals surface area contributed by atoms with Gasteiger partial charge in [0.1, 0.15) is 0 Å². The van der Waals surface area contributed by atoms with Gasteiger partial charge < -0.3 is 5.32 Å². The van der Waals surface area contributed by atoms with E-state index in [1.54, 1.807) is 0 Å². The minimum atomic E-state index is 0.637. The Morgan fingerprint density at radius 3 is 2.56 bits per heavy atom. The molecule has 1 heterocycles. The summed E-state index contributed by atoms with van der Waals surface area (Å²) in [5.74, 6) is 1.61. The van der Waals surface area contributed by atoms with Gasteiger partial charge in [-0.1, -0.05) is 20.8 Å². The molecule has 0 aromatic heterocycles. The first kappa shape index (κ1) is 14.0. The van der Waals surface area contributed by atoms with Gasteiger partial charge in [-0.3, -0.25) is 4.90 Å². The van der Waals surface area contributed by atoms with Crippen LogP contribution in [0.1, 0.15) is 47.5 Å². The molecule has 1 N–H and O–H groups in total. The zero-order valence-electron chi connectivity index (χ0n) is 11.8. The molecule has 0 aromatic rings. The Balaban J connectivity index is 2.21. The summed E-state index contributed by atoms with van der Waals surface area (Å²) in [5, 5.41) is 3.62. The van der Waals surface area contributed by atoms with E-state index in [9.17, 15) is 0 Å². The summed E-state index contributed by atoms with van der Waals surface area (Å²) in [5.41, 5.74) is 0. The molecule has 0 amide bonds. The van der Waals surface area contributed by atoms with E-state index >= 15 is 0 Å². The van der Waals surface area contributed by atoms with Gasteiger partial charge in [-0.25, -0.2) is 0 Å². The van der Waals surface area contributed by atoms with E-state index in [2.05, 4.69) is 44.8 Å². The van der Waals surface area contributed by atoms with Gasteiger partial charge in [-0.15, -0.1) is 0 Å². The maximum absolute atomic E-state index is 3.62. The third-order valence-electron chi connectivity index (χ3n) is 4.37. The zero-order chi connectivity index (χ0) is 12.1. The van der Waals surface area contributed by atoms with Crippen LogP contribution in [0.5, 0.6) is 0 Å². The molecule has 1 saturated heterocycles. The van der Waals surface area contributed by atoms with Gasteiger partial charge >= 0.3 is 0 Å². The van der Waals surface area contributed by atoms with Crippen molar-refractivity contribution in [3.8, 4) is 0 Å². The molecule has 96 valence electrons. The molecule has 3 unspecified atom stereocenters. The summed E-state index contributed by atoms with van der Waals surface area (Å²) in [6.45, 7) is 15.3. The van der Waals surface area contributed by atoms with Crippen molar-refractivity contribution < 1.29 is 0 Å². The predicted molar refractivity (Wildman–Crippen MR) is 71.7 cm³/mol. The first-order valence-electron chi connectivity index (χ1n) is 6.99. The molecule has 16 heavy (non-hydrogen) atoms. The molecule has 0 radical (unpaired) electrons.